The molecule has 3 aromatic carbocycles. The fourth-order valence-electron chi connectivity index (χ4n) is 3.59. The molecule has 3 aromatic rings. The number of hydrogen-bond acceptors (Lipinski definition) is 3. The van der Waals surface area contributed by atoms with Gasteiger partial charge in [-0.2, -0.15) is 0 Å². The Kier molecular flexibility index (Phi) is 7.30. The van der Waals surface area contributed by atoms with Crippen molar-refractivity contribution in [2.45, 2.75) is 58.5 Å². The molecule has 0 aromatic heterocycles. The minimum absolute atomic E-state index is 0.268. The first-order chi connectivity index (χ1) is 13.7. The van der Waals surface area contributed by atoms with Gasteiger partial charge in [-0.1, -0.05) is 69.0 Å². The molecule has 0 spiro atoms. The van der Waals surface area contributed by atoms with Gasteiger partial charge in [-0.15, -0.1) is 0 Å². The quantitative estimate of drug-likeness (QED) is 0.225. The lowest BCUT2D eigenvalue weighted by atomic mass is 10.0. The van der Waals surface area contributed by atoms with Gasteiger partial charge in [0.2, 0.25) is 0 Å². The number of unbranched alkanes of at least 4 members (excludes halogenated alkanes) is 4. The third-order valence-corrected chi connectivity index (χ3v) is 5.10. The Balaban J connectivity index is 1.83. The molecule has 0 saturated carbocycles. The molecule has 0 fully saturated rings. The summed E-state index contributed by atoms with van der Waals surface area (Å²) < 4.78 is 11.5. The van der Waals surface area contributed by atoms with Gasteiger partial charge in [0.15, 0.2) is 6.10 Å². The molecule has 3 nitrogen and oxygen atoms in total. The van der Waals surface area contributed by atoms with Gasteiger partial charge in [0.1, 0.15) is 5.75 Å². The van der Waals surface area contributed by atoms with Crippen molar-refractivity contribution in [2.75, 3.05) is 6.61 Å². The highest BCUT2D eigenvalue weighted by Gasteiger charge is 2.22. The maximum atomic E-state index is 12.5. The number of rotatable bonds is 10. The standard InChI is InChI=1S/C25H30O3/c1-3-5-6-7-8-15-24(25(26)27-4-2)28-23-16-11-14-21-17-19-12-9-10-13-20(19)18-22(21)23/h9-14,16-18,24H,3-8,15H2,1-2H3. The van der Waals surface area contributed by atoms with E-state index < -0.39 is 6.10 Å². The van der Waals surface area contributed by atoms with Crippen LogP contribution >= 0.6 is 0 Å². The zero-order valence-electron chi connectivity index (χ0n) is 16.9. The number of hydrogen-bond donors (Lipinski definition) is 0. The second-order valence-electron chi connectivity index (χ2n) is 7.24. The normalized spacial score (nSPS) is 12.2. The molecule has 0 aliphatic heterocycles. The number of benzene rings is 3. The first-order valence-electron chi connectivity index (χ1n) is 10.5. The minimum atomic E-state index is -0.557. The summed E-state index contributed by atoms with van der Waals surface area (Å²) in [6.45, 7) is 4.41. The molecule has 0 radical (unpaired) electrons. The molecule has 1 unspecified atom stereocenters. The molecular weight excluding hydrogens is 348 g/mol. The fraction of sp³-hybridized carbons (Fsp3) is 0.400. The van der Waals surface area contributed by atoms with Crippen molar-refractivity contribution in [3.63, 3.8) is 0 Å². The van der Waals surface area contributed by atoms with Crippen LogP contribution in [0.4, 0.5) is 0 Å². The Labute approximate surface area is 167 Å². The predicted molar refractivity (Wildman–Crippen MR) is 116 cm³/mol. The minimum Gasteiger partial charge on any atom is -0.478 e. The smallest absolute Gasteiger partial charge is 0.347 e. The third kappa shape index (κ3) is 5.03. The summed E-state index contributed by atoms with van der Waals surface area (Å²) in [5.41, 5.74) is 0. The summed E-state index contributed by atoms with van der Waals surface area (Å²) in [5.74, 6) is 0.477. The van der Waals surface area contributed by atoms with Crippen LogP contribution < -0.4 is 4.74 Å². The maximum absolute atomic E-state index is 12.5. The highest BCUT2D eigenvalue weighted by atomic mass is 16.6. The van der Waals surface area contributed by atoms with Gasteiger partial charge in [-0.25, -0.2) is 4.79 Å². The van der Waals surface area contributed by atoms with E-state index in [0.717, 1.165) is 29.4 Å². The molecule has 0 N–H and O–H groups in total. The summed E-state index contributed by atoms with van der Waals surface area (Å²) in [6, 6.07) is 18.6. The Morgan fingerprint density at radius 2 is 1.57 bits per heavy atom. The zero-order chi connectivity index (χ0) is 19.8. The van der Waals surface area contributed by atoms with Crippen LogP contribution in [0.25, 0.3) is 21.5 Å². The molecule has 0 aliphatic carbocycles. The van der Waals surface area contributed by atoms with Crippen molar-refractivity contribution in [3.05, 3.63) is 54.6 Å². The van der Waals surface area contributed by atoms with Crippen LogP contribution in [-0.2, 0) is 9.53 Å². The van der Waals surface area contributed by atoms with Crippen LogP contribution in [0.1, 0.15) is 52.4 Å². The van der Waals surface area contributed by atoms with Crippen LogP contribution in [0.5, 0.6) is 5.75 Å². The predicted octanol–water partition coefficient (Wildman–Crippen LogP) is 6.66. The first-order valence-corrected chi connectivity index (χ1v) is 10.5. The van der Waals surface area contributed by atoms with E-state index in [1.165, 1.54) is 30.0 Å². The van der Waals surface area contributed by atoms with Gasteiger partial charge in [0, 0.05) is 5.39 Å². The highest BCUT2D eigenvalue weighted by molar-refractivity contribution is 6.01. The van der Waals surface area contributed by atoms with Gasteiger partial charge in [-0.3, -0.25) is 0 Å². The van der Waals surface area contributed by atoms with Crippen molar-refractivity contribution in [3.8, 4) is 5.75 Å². The summed E-state index contributed by atoms with van der Waals surface area (Å²) in [5, 5.41) is 4.51. The molecule has 0 aliphatic rings. The average Bonchev–Trinajstić information content (AvgIpc) is 2.71. The summed E-state index contributed by atoms with van der Waals surface area (Å²) in [4.78, 5) is 12.5. The summed E-state index contributed by atoms with van der Waals surface area (Å²) >= 11 is 0. The van der Waals surface area contributed by atoms with Crippen LogP contribution in [0.15, 0.2) is 54.6 Å². The van der Waals surface area contributed by atoms with E-state index in [1.807, 2.05) is 31.2 Å². The monoisotopic (exact) mass is 378 g/mol. The Bertz CT molecular complexity index is 916. The third-order valence-electron chi connectivity index (χ3n) is 5.10. The van der Waals surface area contributed by atoms with Gasteiger partial charge in [-0.05, 0) is 54.1 Å². The number of esters is 1. The fourth-order valence-corrected chi connectivity index (χ4v) is 3.59. The largest absolute Gasteiger partial charge is 0.478 e. The van der Waals surface area contributed by atoms with Crippen molar-refractivity contribution >= 4 is 27.5 Å². The maximum Gasteiger partial charge on any atom is 0.347 e. The van der Waals surface area contributed by atoms with Gasteiger partial charge in [0.05, 0.1) is 6.61 Å². The van der Waals surface area contributed by atoms with Crippen LogP contribution in [0.2, 0.25) is 0 Å². The van der Waals surface area contributed by atoms with Crippen molar-refractivity contribution < 1.29 is 14.3 Å². The second kappa shape index (κ2) is 10.1. The number of carbonyl (C=O) groups excluding carboxylic acids is 1. The summed E-state index contributed by atoms with van der Waals surface area (Å²) in [6.07, 6.45) is 5.87. The lowest BCUT2D eigenvalue weighted by Gasteiger charge is -2.19. The van der Waals surface area contributed by atoms with Gasteiger partial charge >= 0.3 is 5.97 Å². The summed E-state index contributed by atoms with van der Waals surface area (Å²) in [7, 11) is 0. The Morgan fingerprint density at radius 3 is 2.32 bits per heavy atom. The average molecular weight is 379 g/mol. The number of fused-ring (bicyclic) bond motifs is 2. The molecule has 0 saturated heterocycles. The molecule has 1 atom stereocenters. The van der Waals surface area contributed by atoms with E-state index in [1.54, 1.807) is 0 Å². The van der Waals surface area contributed by atoms with E-state index in [9.17, 15) is 4.79 Å². The van der Waals surface area contributed by atoms with Crippen LogP contribution in [0.3, 0.4) is 0 Å². The van der Waals surface area contributed by atoms with E-state index in [-0.39, 0.29) is 5.97 Å². The lowest BCUT2D eigenvalue weighted by molar-refractivity contribution is -0.151. The Hall–Kier alpha value is -2.55. The number of ether oxygens (including phenoxy) is 2. The van der Waals surface area contributed by atoms with Gasteiger partial charge in [0.25, 0.3) is 0 Å². The second-order valence-corrected chi connectivity index (χ2v) is 7.24. The highest BCUT2D eigenvalue weighted by Crippen LogP contribution is 2.31. The molecular formula is C25H30O3. The van der Waals surface area contributed by atoms with E-state index in [2.05, 4.69) is 37.3 Å². The molecule has 28 heavy (non-hydrogen) atoms. The molecule has 0 bridgehead atoms. The van der Waals surface area contributed by atoms with E-state index >= 15 is 0 Å². The molecule has 0 amide bonds. The first kappa shape index (κ1) is 20.2. The lowest BCUT2D eigenvalue weighted by Crippen LogP contribution is -2.29. The van der Waals surface area contributed by atoms with Crippen molar-refractivity contribution in [1.82, 2.24) is 0 Å². The van der Waals surface area contributed by atoms with Crippen molar-refractivity contribution in [1.29, 1.82) is 0 Å². The van der Waals surface area contributed by atoms with Crippen molar-refractivity contribution in [2.24, 2.45) is 0 Å². The zero-order valence-corrected chi connectivity index (χ0v) is 16.9. The van der Waals surface area contributed by atoms with E-state index in [0.29, 0.717) is 13.0 Å². The molecule has 0 heterocycles. The number of carbonyl (C=O) groups is 1. The van der Waals surface area contributed by atoms with Crippen LogP contribution in [-0.4, -0.2) is 18.7 Å². The van der Waals surface area contributed by atoms with E-state index in [4.69, 9.17) is 9.47 Å². The molecule has 3 heteroatoms. The van der Waals surface area contributed by atoms with Crippen LogP contribution in [0, 0.1) is 0 Å². The van der Waals surface area contributed by atoms with Gasteiger partial charge < -0.3 is 9.47 Å². The topological polar surface area (TPSA) is 35.5 Å². The SMILES string of the molecule is CCCCCCCC(Oc1cccc2cc3ccccc3cc12)C(=O)OCC. The Morgan fingerprint density at radius 1 is 0.857 bits per heavy atom. The molecule has 148 valence electrons. The molecule has 3 rings (SSSR count).